The maximum atomic E-state index is 12.0. The van der Waals surface area contributed by atoms with Gasteiger partial charge < -0.3 is 16.2 Å². The molecule has 1 fully saturated rings. The van der Waals surface area contributed by atoms with Crippen molar-refractivity contribution >= 4 is 5.91 Å². The van der Waals surface area contributed by atoms with Crippen molar-refractivity contribution in [1.29, 1.82) is 0 Å². The van der Waals surface area contributed by atoms with Crippen molar-refractivity contribution < 1.29 is 9.90 Å². The van der Waals surface area contributed by atoms with E-state index in [4.69, 9.17) is 10.8 Å². The number of rotatable bonds is 4. The molecule has 1 amide bonds. The van der Waals surface area contributed by atoms with Crippen molar-refractivity contribution in [3.63, 3.8) is 0 Å². The molecule has 0 aliphatic heterocycles. The number of nitrogens with one attached hydrogen (secondary N) is 1. The average molecular weight is 228 g/mol. The summed E-state index contributed by atoms with van der Waals surface area (Å²) >= 11 is 0. The fourth-order valence-corrected chi connectivity index (χ4v) is 2.20. The number of aliphatic hydroxyl groups is 1. The zero-order valence-corrected chi connectivity index (χ0v) is 10.3. The first-order valence-corrected chi connectivity index (χ1v) is 6.23. The molecule has 3 atom stereocenters. The molecule has 0 heterocycles. The molecule has 0 spiro atoms. The molecule has 4 nitrogen and oxygen atoms in total. The third-order valence-corrected chi connectivity index (χ3v) is 3.49. The molecule has 4 N–H and O–H groups in total. The molecule has 1 aliphatic carbocycles. The first-order valence-electron chi connectivity index (χ1n) is 6.23. The van der Waals surface area contributed by atoms with E-state index in [1.165, 1.54) is 0 Å². The van der Waals surface area contributed by atoms with Crippen LogP contribution in [0.3, 0.4) is 0 Å². The Morgan fingerprint density at radius 1 is 1.44 bits per heavy atom. The Balaban J connectivity index is 2.49. The van der Waals surface area contributed by atoms with Gasteiger partial charge in [0.2, 0.25) is 5.91 Å². The van der Waals surface area contributed by atoms with Gasteiger partial charge in [-0.2, -0.15) is 0 Å². The lowest BCUT2D eigenvalue weighted by Gasteiger charge is -2.30. The fraction of sp³-hybridized carbons (Fsp3) is 0.917. The van der Waals surface area contributed by atoms with Crippen LogP contribution in [0, 0.1) is 11.8 Å². The van der Waals surface area contributed by atoms with Gasteiger partial charge in [-0.1, -0.05) is 26.7 Å². The Kier molecular flexibility index (Phi) is 5.22. The van der Waals surface area contributed by atoms with E-state index >= 15 is 0 Å². The third kappa shape index (κ3) is 3.46. The lowest BCUT2D eigenvalue weighted by molar-refractivity contribution is -0.127. The van der Waals surface area contributed by atoms with Crippen molar-refractivity contribution in [3.05, 3.63) is 0 Å². The van der Waals surface area contributed by atoms with Crippen LogP contribution in [0.2, 0.25) is 0 Å². The van der Waals surface area contributed by atoms with Crippen molar-refractivity contribution in [2.45, 2.75) is 51.6 Å². The highest BCUT2D eigenvalue weighted by atomic mass is 16.3. The first kappa shape index (κ1) is 13.5. The van der Waals surface area contributed by atoms with Gasteiger partial charge >= 0.3 is 0 Å². The Morgan fingerprint density at radius 2 is 2.06 bits per heavy atom. The number of nitrogens with two attached hydrogens (primary N) is 1. The van der Waals surface area contributed by atoms with Crippen LogP contribution in [0.25, 0.3) is 0 Å². The summed E-state index contributed by atoms with van der Waals surface area (Å²) in [6.07, 6.45) is 4.02. The normalized spacial score (nSPS) is 27.8. The molecule has 1 aliphatic rings. The third-order valence-electron chi connectivity index (χ3n) is 3.49. The fourth-order valence-electron chi connectivity index (χ4n) is 2.20. The van der Waals surface area contributed by atoms with Gasteiger partial charge in [0.25, 0.3) is 0 Å². The summed E-state index contributed by atoms with van der Waals surface area (Å²) in [6.45, 7) is 3.97. The zero-order chi connectivity index (χ0) is 12.1. The highest BCUT2D eigenvalue weighted by Crippen LogP contribution is 2.23. The van der Waals surface area contributed by atoms with Crippen LogP contribution in [0.4, 0.5) is 0 Å². The van der Waals surface area contributed by atoms with E-state index in [1.807, 2.05) is 13.8 Å². The molecule has 1 rings (SSSR count). The minimum Gasteiger partial charge on any atom is -0.394 e. The van der Waals surface area contributed by atoms with Crippen LogP contribution in [-0.4, -0.2) is 29.7 Å². The molecule has 2 unspecified atom stereocenters. The molecule has 4 heteroatoms. The predicted molar refractivity (Wildman–Crippen MR) is 63.8 cm³/mol. The number of hydrogen-bond acceptors (Lipinski definition) is 3. The number of aliphatic hydroxyl groups excluding tert-OH is 1. The van der Waals surface area contributed by atoms with E-state index in [2.05, 4.69) is 5.32 Å². The standard InChI is InChI=1S/C12H24N2O2/c1-8(2)11(7-15)14-12(16)9-5-3-4-6-10(9)13/h8-11,15H,3-7,13H2,1-2H3,(H,14,16)/t9?,10?,11-/m1/s1. The highest BCUT2D eigenvalue weighted by molar-refractivity contribution is 5.79. The summed E-state index contributed by atoms with van der Waals surface area (Å²) in [7, 11) is 0. The lowest BCUT2D eigenvalue weighted by atomic mass is 9.84. The molecule has 0 bridgehead atoms. The minimum atomic E-state index is -0.151. The number of hydrogen-bond donors (Lipinski definition) is 3. The van der Waals surface area contributed by atoms with Crippen molar-refractivity contribution in [2.24, 2.45) is 17.6 Å². The maximum absolute atomic E-state index is 12.0. The van der Waals surface area contributed by atoms with Crippen LogP contribution in [0.15, 0.2) is 0 Å². The summed E-state index contributed by atoms with van der Waals surface area (Å²) in [4.78, 5) is 12.0. The quantitative estimate of drug-likeness (QED) is 0.661. The van der Waals surface area contributed by atoms with E-state index in [9.17, 15) is 4.79 Å². The Hall–Kier alpha value is -0.610. The van der Waals surface area contributed by atoms with Crippen molar-refractivity contribution in [1.82, 2.24) is 5.32 Å². The van der Waals surface area contributed by atoms with Gasteiger partial charge in [0.1, 0.15) is 0 Å². The molecular formula is C12H24N2O2. The summed E-state index contributed by atoms with van der Waals surface area (Å²) < 4.78 is 0. The molecule has 94 valence electrons. The van der Waals surface area contributed by atoms with Gasteiger partial charge in [0, 0.05) is 6.04 Å². The Morgan fingerprint density at radius 3 is 2.56 bits per heavy atom. The topological polar surface area (TPSA) is 75.3 Å². The molecule has 0 aromatic heterocycles. The first-order chi connectivity index (χ1) is 7.56. The van der Waals surface area contributed by atoms with Crippen molar-refractivity contribution in [2.75, 3.05) is 6.61 Å². The molecule has 0 aromatic rings. The molecule has 0 aromatic carbocycles. The van der Waals surface area contributed by atoms with Gasteiger partial charge in [-0.05, 0) is 18.8 Å². The van der Waals surface area contributed by atoms with E-state index in [0.29, 0.717) is 0 Å². The largest absolute Gasteiger partial charge is 0.394 e. The number of carbonyl (C=O) groups excluding carboxylic acids is 1. The summed E-state index contributed by atoms with van der Waals surface area (Å²) in [5, 5.41) is 12.1. The second-order valence-corrected chi connectivity index (χ2v) is 5.10. The summed E-state index contributed by atoms with van der Waals surface area (Å²) in [6, 6.07) is -0.165. The SMILES string of the molecule is CC(C)[C@@H](CO)NC(=O)C1CCCCC1N. The van der Waals surface area contributed by atoms with Crippen molar-refractivity contribution in [3.8, 4) is 0 Å². The van der Waals surface area contributed by atoms with Crippen LogP contribution in [0.1, 0.15) is 39.5 Å². The maximum Gasteiger partial charge on any atom is 0.224 e. The van der Waals surface area contributed by atoms with Crippen LogP contribution in [0.5, 0.6) is 0 Å². The second kappa shape index (κ2) is 6.21. The van der Waals surface area contributed by atoms with Crippen LogP contribution < -0.4 is 11.1 Å². The van der Waals surface area contributed by atoms with Gasteiger partial charge in [0.05, 0.1) is 18.6 Å². The molecule has 16 heavy (non-hydrogen) atoms. The van der Waals surface area contributed by atoms with Gasteiger partial charge in [0.15, 0.2) is 0 Å². The van der Waals surface area contributed by atoms with Gasteiger partial charge in [-0.15, -0.1) is 0 Å². The monoisotopic (exact) mass is 228 g/mol. The van der Waals surface area contributed by atoms with Gasteiger partial charge in [-0.25, -0.2) is 0 Å². The summed E-state index contributed by atoms with van der Waals surface area (Å²) in [5.74, 6) is 0.190. The van der Waals surface area contributed by atoms with E-state index in [-0.39, 0.29) is 36.4 Å². The van der Waals surface area contributed by atoms with Gasteiger partial charge in [-0.3, -0.25) is 4.79 Å². The highest BCUT2D eigenvalue weighted by Gasteiger charge is 2.29. The summed E-state index contributed by atoms with van der Waals surface area (Å²) in [5.41, 5.74) is 5.95. The number of amides is 1. The predicted octanol–water partition coefficient (Wildman–Crippen LogP) is 0.637. The molecular weight excluding hydrogens is 204 g/mol. The molecule has 0 radical (unpaired) electrons. The zero-order valence-electron chi connectivity index (χ0n) is 10.3. The van der Waals surface area contributed by atoms with E-state index in [1.54, 1.807) is 0 Å². The van der Waals surface area contributed by atoms with E-state index in [0.717, 1.165) is 25.7 Å². The lowest BCUT2D eigenvalue weighted by Crippen LogP contribution is -2.49. The Labute approximate surface area is 97.6 Å². The minimum absolute atomic E-state index is 0.00857. The molecule has 1 saturated carbocycles. The van der Waals surface area contributed by atoms with Crippen LogP contribution >= 0.6 is 0 Å². The van der Waals surface area contributed by atoms with Crippen LogP contribution in [-0.2, 0) is 4.79 Å². The molecule has 0 saturated heterocycles. The Bertz CT molecular complexity index is 231. The smallest absolute Gasteiger partial charge is 0.224 e. The number of carbonyl (C=O) groups is 1. The second-order valence-electron chi connectivity index (χ2n) is 5.10. The van der Waals surface area contributed by atoms with E-state index < -0.39 is 0 Å². The average Bonchev–Trinajstić information content (AvgIpc) is 2.25.